The monoisotopic (exact) mass is 1750 g/mol. The molecule has 3 atom stereocenters. The molecule has 10 heterocycles. The molecule has 0 radical (unpaired) electrons. The van der Waals surface area contributed by atoms with Gasteiger partial charge in [-0.25, -0.2) is 22.8 Å². The van der Waals surface area contributed by atoms with Crippen LogP contribution in [0.3, 0.4) is 0 Å². The van der Waals surface area contributed by atoms with E-state index >= 15 is 0 Å². The number of aryl methyl sites for hydroxylation is 5. The SMILES string of the molecule is [2H]c1n2c(c(C)[n+]1-c1ccccc1C)C=CC2(C1CCCC1)C1CCCC1.[2H]c1n2c(c(C)[n+]1-c1ccccc1C)C=CC2(C1CCCCC1)C1CCCC1.[2H]c1n2c(c(C)[n+]1-c1ccccc1C)C=CC2(C1CCCCC1)C1CCCCC1.[2H]c1n2c(c(C)[n+]1-c1ccccc1C)C=CC2([2H])C1CCCCC1.[2H]c1n2c(c(C)[n+]1-c1ccccc1C)C=CC2(c1ccccc1)C1CCCCC1. The van der Waals surface area contributed by atoms with Gasteiger partial charge in [-0.15, -0.1) is 0 Å². The molecular formula is C121H153N10+5. The van der Waals surface area contributed by atoms with Gasteiger partial charge < -0.3 is 0 Å². The number of fused-ring (bicyclic) bond motifs is 5. The number of hydrogen-bond acceptors (Lipinski definition) is 0. The van der Waals surface area contributed by atoms with Crippen molar-refractivity contribution in [1.29, 1.82) is 0 Å². The van der Waals surface area contributed by atoms with Gasteiger partial charge in [-0.1, -0.05) is 256 Å². The predicted molar refractivity (Wildman–Crippen MR) is 538 cm³/mol. The van der Waals surface area contributed by atoms with Gasteiger partial charge in [0.15, 0.2) is 69.3 Å². The van der Waals surface area contributed by atoms with Crippen LogP contribution in [0.15, 0.2) is 214 Å². The first-order valence-electron chi connectivity index (χ1n) is 55.2. The maximum atomic E-state index is 9.36. The van der Waals surface area contributed by atoms with Crippen molar-refractivity contribution in [2.24, 2.45) is 47.3 Å². The van der Waals surface area contributed by atoms with E-state index in [0.717, 1.165) is 63.9 Å². The number of hydrogen-bond donors (Lipinski definition) is 0. The van der Waals surface area contributed by atoms with Gasteiger partial charge in [0.1, 0.15) is 51.1 Å². The molecule has 24 rings (SSSR count). The first kappa shape index (κ1) is 81.8. The van der Waals surface area contributed by atoms with Crippen LogP contribution in [0, 0.1) is 117 Å². The van der Waals surface area contributed by atoms with Crippen molar-refractivity contribution in [1.82, 2.24) is 22.8 Å². The van der Waals surface area contributed by atoms with Crippen LogP contribution in [-0.2, 0) is 22.2 Å². The lowest BCUT2D eigenvalue weighted by Gasteiger charge is -2.43. The Kier molecular flexibility index (Phi) is 23.9. The van der Waals surface area contributed by atoms with Crippen LogP contribution in [0.1, 0.15) is 342 Å². The first-order chi connectivity index (χ1) is 66.6. The summed E-state index contributed by atoms with van der Waals surface area (Å²) < 4.78 is 77.6. The molecule has 682 valence electrons. The maximum absolute atomic E-state index is 9.36. The second kappa shape index (κ2) is 38.2. The molecule has 13 aliphatic rings. The predicted octanol–water partition coefficient (Wildman–Crippen LogP) is 27.9. The van der Waals surface area contributed by atoms with E-state index in [-0.39, 0.29) is 22.2 Å². The number of allylic oxidation sites excluding steroid dienone is 5. The summed E-state index contributed by atoms with van der Waals surface area (Å²) in [5, 5.41) is 0. The van der Waals surface area contributed by atoms with E-state index in [1.165, 1.54) is 292 Å². The number of aromatic nitrogens is 10. The maximum Gasteiger partial charge on any atom is 0.250 e. The van der Waals surface area contributed by atoms with Crippen molar-refractivity contribution in [3.05, 3.63) is 304 Å². The van der Waals surface area contributed by atoms with Crippen molar-refractivity contribution < 1.29 is 31.1 Å². The highest BCUT2D eigenvalue weighted by molar-refractivity contribution is 5.61. The molecule has 5 aliphatic heterocycles. The van der Waals surface area contributed by atoms with Crippen molar-refractivity contribution in [3.8, 4) is 28.4 Å². The second-order valence-corrected chi connectivity index (χ2v) is 42.2. The highest BCUT2D eigenvalue weighted by Crippen LogP contribution is 2.57. The van der Waals surface area contributed by atoms with Crippen molar-refractivity contribution in [2.75, 3.05) is 0 Å². The van der Waals surface area contributed by atoms with Gasteiger partial charge in [0.05, 0.1) is 1.37 Å². The van der Waals surface area contributed by atoms with E-state index in [9.17, 15) is 5.48 Å². The number of imidazole rings is 5. The number of rotatable bonds is 14. The molecule has 8 fully saturated rings. The Bertz CT molecular complexity index is 6370. The smallest absolute Gasteiger partial charge is 0.223 e. The number of benzene rings is 6. The molecule has 6 aromatic carbocycles. The van der Waals surface area contributed by atoms with Gasteiger partial charge in [-0.3, -0.25) is 0 Å². The van der Waals surface area contributed by atoms with E-state index in [1.54, 1.807) is 0 Å². The summed E-state index contributed by atoms with van der Waals surface area (Å²) in [4.78, 5) is 0. The molecule has 10 heteroatoms. The minimum absolute atomic E-state index is 0.0198. The summed E-state index contributed by atoms with van der Waals surface area (Å²) in [7, 11) is 0. The molecule has 0 saturated heterocycles. The molecule has 0 N–H and O–H groups in total. The zero-order chi connectivity index (χ0) is 94.8. The summed E-state index contributed by atoms with van der Waals surface area (Å²) in [6, 6.07) is 52.2. The minimum atomic E-state index is -0.800. The quantitative estimate of drug-likeness (QED) is 0.0974. The van der Waals surface area contributed by atoms with E-state index < -0.39 is 6.02 Å². The third-order valence-electron chi connectivity index (χ3n) is 35.0. The van der Waals surface area contributed by atoms with Gasteiger partial charge in [0.25, 0.3) is 6.30 Å². The average molecular weight is 1750 g/mol. The Hall–Kier alpha value is -9.93. The average Bonchev–Trinajstić information content (AvgIpc) is 1.86. The zero-order valence-corrected chi connectivity index (χ0v) is 81.0. The summed E-state index contributed by atoms with van der Waals surface area (Å²) in [6.45, 7) is 21.5. The van der Waals surface area contributed by atoms with Crippen molar-refractivity contribution >= 4 is 30.4 Å². The van der Waals surface area contributed by atoms with Crippen LogP contribution in [-0.4, -0.2) is 22.8 Å². The fourth-order valence-corrected chi connectivity index (χ4v) is 28.0. The van der Waals surface area contributed by atoms with Gasteiger partial charge in [0, 0.05) is 87.5 Å². The Morgan fingerprint density at radius 3 is 0.809 bits per heavy atom. The molecule has 0 bridgehead atoms. The van der Waals surface area contributed by atoms with Crippen LogP contribution in [0.5, 0.6) is 0 Å². The fourth-order valence-electron chi connectivity index (χ4n) is 28.0. The third kappa shape index (κ3) is 16.0. The molecule has 131 heavy (non-hydrogen) atoms. The molecule has 10 nitrogen and oxygen atoms in total. The molecule has 3 unspecified atom stereocenters. The van der Waals surface area contributed by atoms with Crippen LogP contribution in [0.4, 0.5) is 0 Å². The van der Waals surface area contributed by atoms with Crippen molar-refractivity contribution in [2.45, 2.75) is 335 Å². The van der Waals surface area contributed by atoms with Gasteiger partial charge >= 0.3 is 0 Å². The lowest BCUT2D eigenvalue weighted by molar-refractivity contribution is -0.603. The largest absolute Gasteiger partial charge is 0.250 e. The van der Waals surface area contributed by atoms with Crippen LogP contribution in [0.25, 0.3) is 58.8 Å². The molecule has 8 saturated carbocycles. The zero-order valence-electron chi connectivity index (χ0n) is 87.0. The van der Waals surface area contributed by atoms with Crippen LogP contribution in [0.2, 0.25) is 0 Å². The Balaban J connectivity index is 0.000000106. The molecular weight excluding hydrogens is 1590 g/mol. The van der Waals surface area contributed by atoms with Crippen LogP contribution >= 0.6 is 0 Å². The third-order valence-corrected chi connectivity index (χ3v) is 35.0. The summed E-state index contributed by atoms with van der Waals surface area (Å²) in [5.41, 5.74) is 24.7. The molecule has 8 aliphatic carbocycles. The van der Waals surface area contributed by atoms with E-state index in [4.69, 9.17) is 2.74 Å². The highest BCUT2D eigenvalue weighted by Gasteiger charge is 2.58. The summed E-state index contributed by atoms with van der Waals surface area (Å²) >= 11 is 0. The van der Waals surface area contributed by atoms with Gasteiger partial charge in [-0.2, -0.15) is 22.8 Å². The van der Waals surface area contributed by atoms with Crippen LogP contribution < -0.4 is 22.8 Å². The van der Waals surface area contributed by atoms with Gasteiger partial charge in [0.2, 0.25) is 25.2 Å². The van der Waals surface area contributed by atoms with E-state index in [1.807, 2.05) is 27.3 Å². The molecule has 0 amide bonds. The molecule has 5 aromatic heterocycles. The second-order valence-electron chi connectivity index (χ2n) is 42.2. The fraction of sp³-hybridized carbons (Fsp3) is 0.496. The van der Waals surface area contributed by atoms with Gasteiger partial charge in [-0.05, 0) is 256 Å². The topological polar surface area (TPSA) is 44.0 Å². The molecule has 0 spiro atoms. The number of nitrogens with zero attached hydrogens (tertiary/aromatic N) is 10. The lowest BCUT2D eigenvalue weighted by atomic mass is 9.64. The lowest BCUT2D eigenvalue weighted by Crippen LogP contribution is -2.47. The highest BCUT2D eigenvalue weighted by atomic mass is 15.2. The standard InChI is InChI=1S/C26H35N2.C26H29N2.C25H33N2.C24H31N2.C20H25N2/c2*1-20-11-9-10-16-24(20)27-19-28-25(21(27)2)17-18-26(28,22-12-5-3-6-13-22)23-14-7-4-8-15-23;1-19-10-6-9-15-23(19)26-18-27-24(20(26)2)16-17-25(27,22-13-7-8-14-22)21-11-4-3-5-12-21;1-18-9-3-8-14-22(18)25-17-26-23(19(25)2)15-16-24(26,20-10-4-5-11-20)21-12-6-7-13-21;1-15-8-6-7-11-18(15)21-14-22-19(16(21)2)12-13-20(22)17-9-4-3-5-10-17/h9-11,16-19,22-23H,3-8,12-15H2,1-2H3;3,5-6,9-13,16-19,23H,4,7-8,14-15H2,1-2H3;6,9-10,15-18,21-22H,3-5,7-8,11-14H2,1-2H3;3,8-9,14-17,20-21H,4-7,10-13H2,1-2H3;6-8,11-14,17,20H,3-5,9-10H2,1-2H3/q5*+1/i2*19D;18D;17D;14D,20D. The first-order valence-corrected chi connectivity index (χ1v) is 52.2. The molecule has 11 aromatic rings. The Morgan fingerprint density at radius 2 is 0.496 bits per heavy atom. The Morgan fingerprint density at radius 1 is 0.252 bits per heavy atom. The minimum Gasteiger partial charge on any atom is -0.223 e. The number of para-hydroxylation sites is 5. The summed E-state index contributed by atoms with van der Waals surface area (Å²) in [5.74, 6) is 4.95. The normalized spacial score (nSPS) is 24.0. The Labute approximate surface area is 794 Å². The van der Waals surface area contributed by atoms with Crippen molar-refractivity contribution in [3.63, 3.8) is 0 Å². The van der Waals surface area contributed by atoms with E-state index in [0.29, 0.717) is 78.9 Å². The summed E-state index contributed by atoms with van der Waals surface area (Å²) in [6.07, 6.45) is 74.9. The van der Waals surface area contributed by atoms with E-state index in [2.05, 4.69) is 300 Å².